The van der Waals surface area contributed by atoms with Crippen LogP contribution in [0.2, 0.25) is 0 Å². The monoisotopic (exact) mass is 302 g/mol. The fourth-order valence-corrected chi connectivity index (χ4v) is 4.02. The molecule has 1 aliphatic carbocycles. The molecule has 0 amide bonds. The number of hydrogen-bond donors (Lipinski definition) is 1. The van der Waals surface area contributed by atoms with E-state index in [9.17, 15) is 9.90 Å². The number of carboxylic acid groups (broad SMARTS) is 1. The first-order chi connectivity index (χ1) is 10.1. The Bertz CT molecular complexity index is 681. The van der Waals surface area contributed by atoms with Crippen LogP contribution < -0.4 is 4.90 Å². The topological polar surface area (TPSA) is 53.4 Å². The number of fused-ring (bicyclic) bond motifs is 1. The summed E-state index contributed by atoms with van der Waals surface area (Å²) in [6, 6.07) is 8.30. The Hall–Kier alpha value is -1.88. The predicted octanol–water partition coefficient (Wildman–Crippen LogP) is 3.72. The number of aryl methyl sites for hydroxylation is 2. The Kier molecular flexibility index (Phi) is 3.68. The van der Waals surface area contributed by atoms with E-state index < -0.39 is 11.9 Å². The van der Waals surface area contributed by atoms with Gasteiger partial charge in [-0.05, 0) is 44.4 Å². The molecule has 2 aromatic rings. The van der Waals surface area contributed by atoms with Gasteiger partial charge in [0.2, 0.25) is 0 Å². The zero-order chi connectivity index (χ0) is 15.0. The molecule has 0 aliphatic heterocycles. The van der Waals surface area contributed by atoms with E-state index in [1.165, 1.54) is 5.56 Å². The standard InChI is InChI=1S/C16H18N2O2S/c1-3-18(11-6-4-5-10(2)9-11)16-17-14-12(15(19)20)7-8-13(14)21-16/h4-6,9,12H,3,7-8H2,1-2H3,(H,19,20). The van der Waals surface area contributed by atoms with Crippen molar-refractivity contribution < 1.29 is 9.90 Å². The minimum Gasteiger partial charge on any atom is -0.481 e. The number of aliphatic carboxylic acids is 1. The van der Waals surface area contributed by atoms with Gasteiger partial charge in [-0.2, -0.15) is 0 Å². The summed E-state index contributed by atoms with van der Waals surface area (Å²) >= 11 is 1.63. The summed E-state index contributed by atoms with van der Waals surface area (Å²) in [7, 11) is 0. The molecule has 0 saturated heterocycles. The smallest absolute Gasteiger partial charge is 0.312 e. The number of nitrogens with zero attached hydrogens (tertiary/aromatic N) is 2. The lowest BCUT2D eigenvalue weighted by Gasteiger charge is -2.20. The van der Waals surface area contributed by atoms with E-state index >= 15 is 0 Å². The van der Waals surface area contributed by atoms with E-state index in [4.69, 9.17) is 0 Å². The van der Waals surface area contributed by atoms with Crippen LogP contribution in [0, 0.1) is 6.92 Å². The van der Waals surface area contributed by atoms with Gasteiger partial charge in [0.05, 0.1) is 5.69 Å². The van der Waals surface area contributed by atoms with Crippen LogP contribution in [0.25, 0.3) is 0 Å². The molecule has 1 atom stereocenters. The molecule has 0 bridgehead atoms. The second kappa shape index (κ2) is 5.48. The molecule has 1 N–H and O–H groups in total. The van der Waals surface area contributed by atoms with Crippen LogP contribution >= 0.6 is 11.3 Å². The van der Waals surface area contributed by atoms with Gasteiger partial charge < -0.3 is 10.0 Å². The van der Waals surface area contributed by atoms with Gasteiger partial charge in [-0.25, -0.2) is 4.98 Å². The van der Waals surface area contributed by atoms with Crippen molar-refractivity contribution in [2.45, 2.75) is 32.6 Å². The fourth-order valence-electron chi connectivity index (χ4n) is 2.79. The zero-order valence-electron chi connectivity index (χ0n) is 12.2. The molecule has 110 valence electrons. The van der Waals surface area contributed by atoms with Gasteiger partial charge in [-0.1, -0.05) is 12.1 Å². The van der Waals surface area contributed by atoms with Crippen LogP contribution in [0.3, 0.4) is 0 Å². The molecule has 1 unspecified atom stereocenters. The van der Waals surface area contributed by atoms with Gasteiger partial charge in [0, 0.05) is 17.1 Å². The first kappa shape index (κ1) is 14.1. The lowest BCUT2D eigenvalue weighted by molar-refractivity contribution is -0.138. The fraction of sp³-hybridized carbons (Fsp3) is 0.375. The highest BCUT2D eigenvalue weighted by molar-refractivity contribution is 7.15. The van der Waals surface area contributed by atoms with E-state index in [2.05, 4.69) is 41.9 Å². The van der Waals surface area contributed by atoms with Crippen molar-refractivity contribution >= 4 is 28.1 Å². The predicted molar refractivity (Wildman–Crippen MR) is 84.7 cm³/mol. The average Bonchev–Trinajstić information content (AvgIpc) is 2.99. The van der Waals surface area contributed by atoms with Crippen LogP contribution in [0.1, 0.15) is 35.4 Å². The van der Waals surface area contributed by atoms with Crippen molar-refractivity contribution in [1.82, 2.24) is 4.98 Å². The van der Waals surface area contributed by atoms with Crippen molar-refractivity contribution in [1.29, 1.82) is 0 Å². The molecule has 3 rings (SSSR count). The van der Waals surface area contributed by atoms with Crippen molar-refractivity contribution in [3.8, 4) is 0 Å². The van der Waals surface area contributed by atoms with Crippen LogP contribution in [0.4, 0.5) is 10.8 Å². The van der Waals surface area contributed by atoms with E-state index in [1.54, 1.807) is 11.3 Å². The number of rotatable bonds is 4. The highest BCUT2D eigenvalue weighted by Gasteiger charge is 2.33. The number of thiazole rings is 1. The number of carbonyl (C=O) groups is 1. The number of anilines is 2. The van der Waals surface area contributed by atoms with Gasteiger partial charge in [-0.15, -0.1) is 11.3 Å². The van der Waals surface area contributed by atoms with Crippen molar-refractivity contribution in [2.24, 2.45) is 0 Å². The summed E-state index contributed by atoms with van der Waals surface area (Å²) in [6.07, 6.45) is 1.51. The molecular weight excluding hydrogens is 284 g/mol. The maximum absolute atomic E-state index is 11.3. The number of carboxylic acids is 1. The van der Waals surface area contributed by atoms with Crippen LogP contribution in [0.15, 0.2) is 24.3 Å². The number of benzene rings is 1. The van der Waals surface area contributed by atoms with Gasteiger partial charge in [0.25, 0.3) is 0 Å². The Morgan fingerprint density at radius 3 is 3.00 bits per heavy atom. The summed E-state index contributed by atoms with van der Waals surface area (Å²) in [6.45, 7) is 4.97. The Labute approximate surface area is 128 Å². The molecule has 4 nitrogen and oxygen atoms in total. The first-order valence-corrected chi connectivity index (χ1v) is 7.98. The highest BCUT2D eigenvalue weighted by Crippen LogP contribution is 2.41. The average molecular weight is 302 g/mol. The Morgan fingerprint density at radius 1 is 1.52 bits per heavy atom. The van der Waals surface area contributed by atoms with Crippen LogP contribution in [-0.4, -0.2) is 22.6 Å². The van der Waals surface area contributed by atoms with Crippen molar-refractivity contribution in [3.63, 3.8) is 0 Å². The lowest BCUT2D eigenvalue weighted by Crippen LogP contribution is -2.16. The van der Waals surface area contributed by atoms with Crippen molar-refractivity contribution in [2.75, 3.05) is 11.4 Å². The number of aromatic nitrogens is 1. The molecule has 1 aromatic heterocycles. The summed E-state index contributed by atoms with van der Waals surface area (Å²) < 4.78 is 0. The second-order valence-electron chi connectivity index (χ2n) is 5.32. The van der Waals surface area contributed by atoms with Gasteiger partial charge in [0.15, 0.2) is 5.13 Å². The van der Waals surface area contributed by atoms with Crippen LogP contribution in [0.5, 0.6) is 0 Å². The third-order valence-electron chi connectivity index (χ3n) is 3.86. The third-order valence-corrected chi connectivity index (χ3v) is 5.02. The van der Waals surface area contributed by atoms with Crippen molar-refractivity contribution in [3.05, 3.63) is 40.4 Å². The Morgan fingerprint density at radius 2 is 2.33 bits per heavy atom. The van der Waals surface area contributed by atoms with E-state index in [-0.39, 0.29) is 0 Å². The van der Waals surface area contributed by atoms with E-state index in [0.29, 0.717) is 6.42 Å². The molecule has 1 heterocycles. The lowest BCUT2D eigenvalue weighted by atomic mass is 10.1. The minimum atomic E-state index is -0.760. The molecule has 1 aromatic carbocycles. The molecule has 0 saturated carbocycles. The summed E-state index contributed by atoms with van der Waals surface area (Å²) in [5.74, 6) is -1.19. The van der Waals surface area contributed by atoms with E-state index in [0.717, 1.165) is 34.4 Å². The third kappa shape index (κ3) is 2.53. The minimum absolute atomic E-state index is 0.429. The molecule has 0 spiro atoms. The second-order valence-corrected chi connectivity index (χ2v) is 6.38. The van der Waals surface area contributed by atoms with Gasteiger partial charge >= 0.3 is 5.97 Å². The van der Waals surface area contributed by atoms with E-state index in [1.807, 2.05) is 6.07 Å². The summed E-state index contributed by atoms with van der Waals surface area (Å²) in [5, 5.41) is 10.2. The van der Waals surface area contributed by atoms with Gasteiger partial charge in [-0.3, -0.25) is 4.79 Å². The van der Waals surface area contributed by atoms with Gasteiger partial charge in [0.1, 0.15) is 5.92 Å². The highest BCUT2D eigenvalue weighted by atomic mass is 32.1. The molecule has 1 aliphatic rings. The summed E-state index contributed by atoms with van der Waals surface area (Å²) in [5.41, 5.74) is 3.09. The maximum Gasteiger partial charge on any atom is 0.312 e. The normalized spacial score (nSPS) is 16.8. The first-order valence-electron chi connectivity index (χ1n) is 7.16. The molecular formula is C16H18N2O2S. The summed E-state index contributed by atoms with van der Waals surface area (Å²) in [4.78, 5) is 19.2. The molecule has 0 radical (unpaired) electrons. The molecule has 21 heavy (non-hydrogen) atoms. The maximum atomic E-state index is 11.3. The molecule has 5 heteroatoms. The SMILES string of the molecule is CCN(c1cccc(C)c1)c1nc2c(s1)CCC2C(=O)O. The number of hydrogen-bond acceptors (Lipinski definition) is 4. The molecule has 0 fully saturated rings. The van der Waals surface area contributed by atoms with Crippen LogP contribution in [-0.2, 0) is 11.2 Å². The largest absolute Gasteiger partial charge is 0.481 e. The quantitative estimate of drug-likeness (QED) is 0.935. The zero-order valence-corrected chi connectivity index (χ0v) is 13.0. The Balaban J connectivity index is 1.96.